The van der Waals surface area contributed by atoms with Gasteiger partial charge in [0.25, 0.3) is 0 Å². The third-order valence-electron chi connectivity index (χ3n) is 4.14. The first-order valence-corrected chi connectivity index (χ1v) is 7.10. The van der Waals surface area contributed by atoms with E-state index in [1.54, 1.807) is 4.90 Å². The van der Waals surface area contributed by atoms with Crippen LogP contribution in [0.5, 0.6) is 0 Å². The molecule has 2 heterocycles. The standard InChI is InChI=1S/C13H21N3O3/c1-9-12(14-4-7-19-9)13(18)15-5-6-16(10-2-3-10)11(17)8-15/h9-10,12,14H,2-8H2,1H3/t9-,12+/m1/s1. The minimum absolute atomic E-state index is 0.00371. The summed E-state index contributed by atoms with van der Waals surface area (Å²) in [7, 11) is 0. The molecule has 3 fully saturated rings. The molecule has 106 valence electrons. The summed E-state index contributed by atoms with van der Waals surface area (Å²) >= 11 is 0. The summed E-state index contributed by atoms with van der Waals surface area (Å²) in [5, 5.41) is 3.19. The zero-order valence-electron chi connectivity index (χ0n) is 11.3. The molecule has 1 aliphatic carbocycles. The highest BCUT2D eigenvalue weighted by molar-refractivity contribution is 5.89. The summed E-state index contributed by atoms with van der Waals surface area (Å²) in [5.74, 6) is 0.0856. The van der Waals surface area contributed by atoms with E-state index in [-0.39, 0.29) is 30.5 Å². The van der Waals surface area contributed by atoms with E-state index < -0.39 is 0 Å². The van der Waals surface area contributed by atoms with E-state index in [1.807, 2.05) is 11.8 Å². The highest BCUT2D eigenvalue weighted by Crippen LogP contribution is 2.28. The molecule has 0 unspecified atom stereocenters. The van der Waals surface area contributed by atoms with Gasteiger partial charge in [0.1, 0.15) is 6.04 Å². The van der Waals surface area contributed by atoms with Crippen LogP contribution in [0, 0.1) is 0 Å². The van der Waals surface area contributed by atoms with Crippen molar-refractivity contribution in [2.45, 2.75) is 38.0 Å². The number of nitrogens with one attached hydrogen (secondary N) is 1. The highest BCUT2D eigenvalue weighted by atomic mass is 16.5. The Bertz CT molecular complexity index is 383. The molecule has 1 saturated carbocycles. The van der Waals surface area contributed by atoms with Gasteiger partial charge in [0, 0.05) is 25.7 Å². The number of amides is 2. The predicted molar refractivity (Wildman–Crippen MR) is 68.5 cm³/mol. The SMILES string of the molecule is C[C@H]1OCCN[C@@H]1C(=O)N1CCN(C2CC2)C(=O)C1. The van der Waals surface area contributed by atoms with Gasteiger partial charge in [-0.05, 0) is 19.8 Å². The van der Waals surface area contributed by atoms with E-state index in [2.05, 4.69) is 5.32 Å². The second-order valence-corrected chi connectivity index (χ2v) is 5.59. The molecular formula is C13H21N3O3. The maximum atomic E-state index is 12.4. The molecule has 19 heavy (non-hydrogen) atoms. The van der Waals surface area contributed by atoms with Gasteiger partial charge in [-0.1, -0.05) is 0 Å². The van der Waals surface area contributed by atoms with Crippen molar-refractivity contribution in [3.05, 3.63) is 0 Å². The van der Waals surface area contributed by atoms with Crippen LogP contribution in [0.3, 0.4) is 0 Å². The number of hydrogen-bond acceptors (Lipinski definition) is 4. The van der Waals surface area contributed by atoms with Gasteiger partial charge in [-0.3, -0.25) is 9.59 Å². The summed E-state index contributed by atoms with van der Waals surface area (Å²) in [6, 6.07) is 0.133. The first kappa shape index (κ1) is 12.9. The van der Waals surface area contributed by atoms with Gasteiger partial charge in [0.2, 0.25) is 11.8 Å². The van der Waals surface area contributed by atoms with Crippen molar-refractivity contribution in [1.29, 1.82) is 0 Å². The zero-order valence-corrected chi connectivity index (χ0v) is 11.3. The van der Waals surface area contributed by atoms with Gasteiger partial charge in [0.15, 0.2) is 0 Å². The van der Waals surface area contributed by atoms with Crippen molar-refractivity contribution < 1.29 is 14.3 Å². The Balaban J connectivity index is 1.60. The number of morpholine rings is 1. The van der Waals surface area contributed by atoms with Crippen LogP contribution in [0.4, 0.5) is 0 Å². The number of hydrogen-bond donors (Lipinski definition) is 1. The number of carbonyl (C=O) groups excluding carboxylic acids is 2. The fraction of sp³-hybridized carbons (Fsp3) is 0.846. The van der Waals surface area contributed by atoms with Crippen LogP contribution in [-0.2, 0) is 14.3 Å². The van der Waals surface area contributed by atoms with E-state index in [0.717, 1.165) is 12.8 Å². The molecule has 1 N–H and O–H groups in total. The van der Waals surface area contributed by atoms with E-state index in [1.165, 1.54) is 0 Å². The number of carbonyl (C=O) groups is 2. The monoisotopic (exact) mass is 267 g/mol. The maximum absolute atomic E-state index is 12.4. The number of piperazine rings is 1. The second-order valence-electron chi connectivity index (χ2n) is 5.59. The Morgan fingerprint density at radius 2 is 2.16 bits per heavy atom. The van der Waals surface area contributed by atoms with Gasteiger partial charge in [-0.25, -0.2) is 0 Å². The van der Waals surface area contributed by atoms with Crippen LogP contribution in [0.2, 0.25) is 0 Å². The van der Waals surface area contributed by atoms with Crippen molar-refractivity contribution in [3.8, 4) is 0 Å². The molecule has 0 aromatic carbocycles. The van der Waals surface area contributed by atoms with E-state index >= 15 is 0 Å². The molecule has 6 heteroatoms. The predicted octanol–water partition coefficient (Wildman–Crippen LogP) is -0.803. The third kappa shape index (κ3) is 2.60. The topological polar surface area (TPSA) is 61.9 Å². The van der Waals surface area contributed by atoms with Crippen molar-refractivity contribution in [1.82, 2.24) is 15.1 Å². The fourth-order valence-corrected chi connectivity index (χ4v) is 2.85. The minimum Gasteiger partial charge on any atom is -0.375 e. The average Bonchev–Trinajstić information content (AvgIpc) is 3.23. The summed E-state index contributed by atoms with van der Waals surface area (Å²) in [4.78, 5) is 28.0. The molecule has 2 saturated heterocycles. The lowest BCUT2D eigenvalue weighted by molar-refractivity contribution is -0.150. The van der Waals surface area contributed by atoms with Crippen LogP contribution in [-0.4, -0.2) is 72.6 Å². The molecular weight excluding hydrogens is 246 g/mol. The number of nitrogens with zero attached hydrogens (tertiary/aromatic N) is 2. The smallest absolute Gasteiger partial charge is 0.242 e. The van der Waals surface area contributed by atoms with Crippen LogP contribution in [0.15, 0.2) is 0 Å². The second kappa shape index (κ2) is 5.09. The van der Waals surface area contributed by atoms with E-state index in [9.17, 15) is 9.59 Å². The highest BCUT2D eigenvalue weighted by Gasteiger charge is 2.39. The van der Waals surface area contributed by atoms with Crippen molar-refractivity contribution in [2.75, 3.05) is 32.8 Å². The average molecular weight is 267 g/mol. The van der Waals surface area contributed by atoms with Crippen LogP contribution in [0.25, 0.3) is 0 Å². The van der Waals surface area contributed by atoms with E-state index in [0.29, 0.717) is 32.3 Å². The molecule has 0 radical (unpaired) electrons. The van der Waals surface area contributed by atoms with Gasteiger partial charge in [-0.15, -0.1) is 0 Å². The first-order valence-electron chi connectivity index (χ1n) is 7.10. The van der Waals surface area contributed by atoms with Crippen molar-refractivity contribution in [2.24, 2.45) is 0 Å². The van der Waals surface area contributed by atoms with Crippen molar-refractivity contribution >= 4 is 11.8 Å². The quantitative estimate of drug-likeness (QED) is 0.711. The van der Waals surface area contributed by atoms with Gasteiger partial charge in [0.05, 0.1) is 19.3 Å². The normalized spacial score (nSPS) is 32.6. The summed E-state index contributed by atoms with van der Waals surface area (Å²) in [5.41, 5.74) is 0. The Morgan fingerprint density at radius 1 is 1.37 bits per heavy atom. The Morgan fingerprint density at radius 3 is 2.79 bits per heavy atom. The fourth-order valence-electron chi connectivity index (χ4n) is 2.85. The lowest BCUT2D eigenvalue weighted by Crippen LogP contribution is -2.61. The third-order valence-corrected chi connectivity index (χ3v) is 4.14. The Labute approximate surface area is 113 Å². The lowest BCUT2D eigenvalue weighted by atomic mass is 10.1. The Hall–Kier alpha value is -1.14. The van der Waals surface area contributed by atoms with Crippen LogP contribution >= 0.6 is 0 Å². The van der Waals surface area contributed by atoms with Gasteiger partial charge in [-0.2, -0.15) is 0 Å². The number of ether oxygens (including phenoxy) is 1. The summed E-state index contributed by atoms with van der Waals surface area (Å²) in [6.45, 7) is 4.77. The van der Waals surface area contributed by atoms with Crippen LogP contribution in [0.1, 0.15) is 19.8 Å². The van der Waals surface area contributed by atoms with Crippen LogP contribution < -0.4 is 5.32 Å². The maximum Gasteiger partial charge on any atom is 0.242 e. The molecule has 2 aliphatic heterocycles. The van der Waals surface area contributed by atoms with Gasteiger partial charge >= 0.3 is 0 Å². The van der Waals surface area contributed by atoms with Gasteiger partial charge < -0.3 is 19.9 Å². The first-order chi connectivity index (χ1) is 9.16. The molecule has 0 aromatic rings. The molecule has 2 atom stereocenters. The summed E-state index contributed by atoms with van der Waals surface area (Å²) in [6.07, 6.45) is 2.11. The minimum atomic E-state index is -0.311. The molecule has 3 aliphatic rings. The molecule has 0 aromatic heterocycles. The largest absolute Gasteiger partial charge is 0.375 e. The molecule has 2 amide bonds. The molecule has 3 rings (SSSR count). The molecule has 0 spiro atoms. The van der Waals surface area contributed by atoms with Crippen molar-refractivity contribution in [3.63, 3.8) is 0 Å². The Kier molecular flexibility index (Phi) is 3.45. The molecule has 6 nitrogen and oxygen atoms in total. The zero-order chi connectivity index (χ0) is 13.4. The van der Waals surface area contributed by atoms with E-state index in [4.69, 9.17) is 4.74 Å². The summed E-state index contributed by atoms with van der Waals surface area (Å²) < 4.78 is 5.49. The number of rotatable bonds is 2. The molecule has 0 bridgehead atoms. The lowest BCUT2D eigenvalue weighted by Gasteiger charge is -2.38.